The van der Waals surface area contributed by atoms with E-state index < -0.39 is 15.8 Å². The molecule has 5 aromatic rings. The van der Waals surface area contributed by atoms with Crippen molar-refractivity contribution in [3.63, 3.8) is 0 Å². The van der Waals surface area contributed by atoms with Crippen molar-refractivity contribution < 1.29 is 18.9 Å². The second-order valence-corrected chi connectivity index (χ2v) is 15.3. The van der Waals surface area contributed by atoms with Crippen LogP contribution < -0.4 is 36.0 Å². The van der Waals surface area contributed by atoms with E-state index in [1.165, 1.54) is 26.5 Å². The second-order valence-electron chi connectivity index (χ2n) is 10.7. The average Bonchev–Trinajstić information content (AvgIpc) is 3.77. The van der Waals surface area contributed by atoms with Gasteiger partial charge in [0.2, 0.25) is 13.6 Å². The second kappa shape index (κ2) is 12.0. The maximum atomic E-state index is 6.39. The van der Waals surface area contributed by atoms with Crippen molar-refractivity contribution in [1.29, 1.82) is 0 Å². The minimum absolute atomic E-state index is 0.119. The zero-order valence-electron chi connectivity index (χ0n) is 24.0. The van der Waals surface area contributed by atoms with E-state index in [2.05, 4.69) is 140 Å². The fourth-order valence-electron chi connectivity index (χ4n) is 6.33. The van der Waals surface area contributed by atoms with Crippen LogP contribution in [0.1, 0.15) is 12.0 Å². The molecule has 1 atom stereocenters. The maximum absolute atomic E-state index is 6.39. The SMILES string of the molecule is C1=C2OCOC2=C(c2c(P(c3ccccc3)c3ccccc3)ccc3c2OCO3)[C@H](P(c2ccccc2)c2ccccc2)C1. The largest absolute Gasteiger partial charge is 0.454 e. The minimum Gasteiger partial charge on any atom is -0.454 e. The Labute approximate surface area is 260 Å². The summed E-state index contributed by atoms with van der Waals surface area (Å²) in [5, 5.41) is 6.43. The molecule has 5 aromatic carbocycles. The van der Waals surface area contributed by atoms with E-state index in [1.807, 2.05) is 0 Å². The molecule has 2 heterocycles. The molecule has 0 N–H and O–H groups in total. The van der Waals surface area contributed by atoms with Gasteiger partial charge in [0.25, 0.3) is 0 Å². The van der Waals surface area contributed by atoms with E-state index in [1.54, 1.807) is 0 Å². The molecule has 216 valence electrons. The highest BCUT2D eigenvalue weighted by Gasteiger charge is 2.41. The summed E-state index contributed by atoms with van der Waals surface area (Å²) >= 11 is 0. The number of allylic oxidation sites excluding steroid dienone is 2. The summed E-state index contributed by atoms with van der Waals surface area (Å²) in [7, 11) is -1.77. The lowest BCUT2D eigenvalue weighted by Gasteiger charge is -2.34. The van der Waals surface area contributed by atoms with Gasteiger partial charge in [-0.2, -0.15) is 0 Å². The molecular formula is C38H30O4P2. The topological polar surface area (TPSA) is 36.9 Å². The quantitative estimate of drug-likeness (QED) is 0.192. The van der Waals surface area contributed by atoms with Gasteiger partial charge in [0.05, 0.1) is 0 Å². The van der Waals surface area contributed by atoms with Crippen LogP contribution in [0.4, 0.5) is 0 Å². The Bertz CT molecular complexity index is 1760. The number of rotatable bonds is 7. The first-order chi connectivity index (χ1) is 21.9. The van der Waals surface area contributed by atoms with Crippen molar-refractivity contribution >= 4 is 47.9 Å². The van der Waals surface area contributed by atoms with Crippen molar-refractivity contribution in [3.8, 4) is 11.5 Å². The molecular weight excluding hydrogens is 582 g/mol. The molecule has 0 bridgehead atoms. The summed E-state index contributed by atoms with van der Waals surface area (Å²) in [6.07, 6.45) is 3.04. The van der Waals surface area contributed by atoms with Gasteiger partial charge < -0.3 is 18.9 Å². The van der Waals surface area contributed by atoms with Gasteiger partial charge in [-0.3, -0.25) is 0 Å². The van der Waals surface area contributed by atoms with Crippen LogP contribution >= 0.6 is 15.8 Å². The third-order valence-corrected chi connectivity index (χ3v) is 13.5. The van der Waals surface area contributed by atoms with E-state index in [4.69, 9.17) is 18.9 Å². The van der Waals surface area contributed by atoms with Crippen LogP contribution in [-0.4, -0.2) is 19.2 Å². The molecule has 8 rings (SSSR count). The van der Waals surface area contributed by atoms with Crippen molar-refractivity contribution in [2.45, 2.75) is 12.1 Å². The molecule has 3 aliphatic rings. The molecule has 0 spiro atoms. The lowest BCUT2D eigenvalue weighted by Crippen LogP contribution is -2.29. The van der Waals surface area contributed by atoms with Gasteiger partial charge >= 0.3 is 0 Å². The van der Waals surface area contributed by atoms with Crippen LogP contribution in [0.15, 0.2) is 151 Å². The van der Waals surface area contributed by atoms with Crippen LogP contribution in [-0.2, 0) is 9.47 Å². The van der Waals surface area contributed by atoms with Crippen molar-refractivity contribution in [1.82, 2.24) is 0 Å². The predicted molar refractivity (Wildman–Crippen MR) is 181 cm³/mol. The number of fused-ring (bicyclic) bond motifs is 2. The molecule has 4 nitrogen and oxygen atoms in total. The van der Waals surface area contributed by atoms with Crippen molar-refractivity contribution in [2.75, 3.05) is 13.6 Å². The number of benzene rings is 5. The standard InChI is InChI=1S/C38H30O4P2/c1-5-13-27(14-6-1)43(28-15-7-2-8-16-28)33-23-21-31-37(41-25-39-31)35(33)36-34(24-22-32-38(36)42-26-40-32)44(29-17-9-3-10-18-29)30-19-11-4-12-20-30/h1-23,34H,24-26H2/t34-/m1/s1. The summed E-state index contributed by atoms with van der Waals surface area (Å²) in [6.45, 7) is 0.402. The third-order valence-electron chi connectivity index (χ3n) is 8.18. The Morgan fingerprint density at radius 3 is 1.66 bits per heavy atom. The first kappa shape index (κ1) is 27.2. The summed E-state index contributed by atoms with van der Waals surface area (Å²) in [6, 6.07) is 47.8. The zero-order valence-corrected chi connectivity index (χ0v) is 25.8. The summed E-state index contributed by atoms with van der Waals surface area (Å²) in [5.74, 6) is 3.20. The molecule has 0 amide bonds. The summed E-state index contributed by atoms with van der Waals surface area (Å²) in [4.78, 5) is 0. The van der Waals surface area contributed by atoms with E-state index in [0.717, 1.165) is 40.6 Å². The normalized spacial score (nSPS) is 16.9. The van der Waals surface area contributed by atoms with Crippen LogP contribution in [0, 0.1) is 0 Å². The van der Waals surface area contributed by atoms with Gasteiger partial charge in [-0.15, -0.1) is 0 Å². The van der Waals surface area contributed by atoms with Gasteiger partial charge in [0, 0.05) is 16.8 Å². The van der Waals surface area contributed by atoms with Crippen LogP contribution in [0.2, 0.25) is 0 Å². The van der Waals surface area contributed by atoms with Crippen LogP contribution in [0.3, 0.4) is 0 Å². The lowest BCUT2D eigenvalue weighted by molar-refractivity contribution is 0.0981. The molecule has 2 aliphatic heterocycles. The van der Waals surface area contributed by atoms with Crippen LogP contribution in [0.25, 0.3) is 5.57 Å². The minimum atomic E-state index is -0.941. The summed E-state index contributed by atoms with van der Waals surface area (Å²) < 4.78 is 24.9. The first-order valence-corrected chi connectivity index (χ1v) is 17.5. The number of hydrogen-bond acceptors (Lipinski definition) is 4. The number of hydrogen-bond donors (Lipinski definition) is 0. The highest BCUT2D eigenvalue weighted by molar-refractivity contribution is 7.80. The molecule has 0 radical (unpaired) electrons. The highest BCUT2D eigenvalue weighted by Crippen LogP contribution is 2.56. The molecule has 1 aliphatic carbocycles. The first-order valence-electron chi connectivity index (χ1n) is 14.8. The lowest BCUT2D eigenvalue weighted by atomic mass is 9.93. The fourth-order valence-corrected chi connectivity index (χ4v) is 11.6. The Kier molecular flexibility index (Phi) is 7.40. The fraction of sp³-hybridized carbons (Fsp3) is 0.105. The highest BCUT2D eigenvalue weighted by atomic mass is 31.1. The molecule has 44 heavy (non-hydrogen) atoms. The van der Waals surface area contributed by atoms with E-state index in [9.17, 15) is 0 Å². The Morgan fingerprint density at radius 1 is 0.523 bits per heavy atom. The zero-order chi connectivity index (χ0) is 29.3. The van der Waals surface area contributed by atoms with E-state index in [-0.39, 0.29) is 19.2 Å². The van der Waals surface area contributed by atoms with Gasteiger partial charge in [-0.05, 0) is 67.0 Å². The smallest absolute Gasteiger partial charge is 0.231 e. The molecule has 1 fully saturated rings. The molecule has 6 heteroatoms. The third kappa shape index (κ3) is 4.89. The van der Waals surface area contributed by atoms with Gasteiger partial charge in [-0.1, -0.05) is 121 Å². The Morgan fingerprint density at radius 2 is 1.07 bits per heavy atom. The van der Waals surface area contributed by atoms with E-state index in [0.29, 0.717) is 0 Å². The number of ether oxygens (including phenoxy) is 4. The Hall–Kier alpha value is -4.36. The van der Waals surface area contributed by atoms with Crippen molar-refractivity contribution in [3.05, 3.63) is 157 Å². The van der Waals surface area contributed by atoms with E-state index >= 15 is 0 Å². The van der Waals surface area contributed by atoms with Gasteiger partial charge in [-0.25, -0.2) is 0 Å². The molecule has 0 saturated carbocycles. The van der Waals surface area contributed by atoms with Crippen molar-refractivity contribution in [2.24, 2.45) is 0 Å². The maximum Gasteiger partial charge on any atom is 0.231 e. The Balaban J connectivity index is 1.41. The molecule has 0 aromatic heterocycles. The summed E-state index contributed by atoms with van der Waals surface area (Å²) in [5.41, 5.74) is 2.35. The molecule has 0 unspecified atom stereocenters. The van der Waals surface area contributed by atoms with Crippen LogP contribution in [0.5, 0.6) is 11.5 Å². The average molecular weight is 613 g/mol. The predicted octanol–water partition coefficient (Wildman–Crippen LogP) is 6.68. The van der Waals surface area contributed by atoms with Gasteiger partial charge in [0.1, 0.15) is 0 Å². The van der Waals surface area contributed by atoms with Gasteiger partial charge in [0.15, 0.2) is 23.0 Å². The monoisotopic (exact) mass is 612 g/mol. The molecule has 1 saturated heterocycles.